The number of hydrogen-bond donors (Lipinski definition) is 2. The van der Waals surface area contributed by atoms with E-state index >= 15 is 0 Å². The van der Waals surface area contributed by atoms with Crippen molar-refractivity contribution in [3.63, 3.8) is 0 Å². The second-order valence-corrected chi connectivity index (χ2v) is 5.05. The second kappa shape index (κ2) is 5.81. The standard InChI is InChI=1S/C17H16N4O/c1-11(12-7-3-2-4-8-12)19-17(22)15-16(18)21-14-10-6-5-9-13(14)20-15/h2-11H,1H3,(H2,18,21)(H,19,22). The lowest BCUT2D eigenvalue weighted by Gasteiger charge is -2.14. The second-order valence-electron chi connectivity index (χ2n) is 5.05. The quantitative estimate of drug-likeness (QED) is 0.777. The Morgan fingerprint density at radius 2 is 1.59 bits per heavy atom. The Balaban J connectivity index is 1.87. The third-order valence-electron chi connectivity index (χ3n) is 3.46. The SMILES string of the molecule is CC(NC(=O)c1nc2ccccc2nc1N)c1ccccc1. The van der Waals surface area contributed by atoms with Gasteiger partial charge in [0, 0.05) is 0 Å². The van der Waals surface area contributed by atoms with Gasteiger partial charge < -0.3 is 11.1 Å². The summed E-state index contributed by atoms with van der Waals surface area (Å²) >= 11 is 0. The van der Waals surface area contributed by atoms with Crippen LogP contribution in [0.5, 0.6) is 0 Å². The highest BCUT2D eigenvalue weighted by atomic mass is 16.2. The van der Waals surface area contributed by atoms with Gasteiger partial charge in [-0.2, -0.15) is 0 Å². The van der Waals surface area contributed by atoms with Crippen LogP contribution in [0.4, 0.5) is 5.82 Å². The van der Waals surface area contributed by atoms with Gasteiger partial charge in [0.2, 0.25) is 0 Å². The van der Waals surface area contributed by atoms with E-state index in [2.05, 4.69) is 15.3 Å². The first-order valence-corrected chi connectivity index (χ1v) is 7.03. The first kappa shape index (κ1) is 14.0. The molecule has 3 rings (SSSR count). The van der Waals surface area contributed by atoms with Crippen LogP contribution in [0.25, 0.3) is 11.0 Å². The lowest BCUT2D eigenvalue weighted by Crippen LogP contribution is -2.28. The number of benzene rings is 2. The number of hydrogen-bond acceptors (Lipinski definition) is 4. The number of amides is 1. The molecule has 1 aromatic heterocycles. The number of rotatable bonds is 3. The van der Waals surface area contributed by atoms with Gasteiger partial charge in [-0.3, -0.25) is 4.79 Å². The molecular weight excluding hydrogens is 276 g/mol. The molecule has 0 saturated carbocycles. The molecule has 0 spiro atoms. The highest BCUT2D eigenvalue weighted by molar-refractivity contribution is 5.98. The largest absolute Gasteiger partial charge is 0.382 e. The third-order valence-corrected chi connectivity index (χ3v) is 3.46. The molecule has 1 amide bonds. The number of nitrogen functional groups attached to an aromatic ring is 1. The van der Waals surface area contributed by atoms with E-state index in [9.17, 15) is 4.79 Å². The van der Waals surface area contributed by atoms with Crippen LogP contribution in [-0.2, 0) is 0 Å². The van der Waals surface area contributed by atoms with Gasteiger partial charge in [0.25, 0.3) is 5.91 Å². The van der Waals surface area contributed by atoms with Crippen molar-refractivity contribution < 1.29 is 4.79 Å². The van der Waals surface area contributed by atoms with Crippen LogP contribution >= 0.6 is 0 Å². The summed E-state index contributed by atoms with van der Waals surface area (Å²) in [5.74, 6) is -0.191. The molecule has 0 saturated heterocycles. The number of nitrogens with zero attached hydrogens (tertiary/aromatic N) is 2. The molecule has 3 N–H and O–H groups in total. The van der Waals surface area contributed by atoms with Gasteiger partial charge in [-0.25, -0.2) is 9.97 Å². The molecule has 110 valence electrons. The zero-order valence-corrected chi connectivity index (χ0v) is 12.2. The topological polar surface area (TPSA) is 80.9 Å². The zero-order valence-electron chi connectivity index (χ0n) is 12.2. The highest BCUT2D eigenvalue weighted by Gasteiger charge is 2.17. The molecule has 2 aromatic carbocycles. The Kier molecular flexibility index (Phi) is 3.70. The minimum atomic E-state index is -0.327. The van der Waals surface area contributed by atoms with Gasteiger partial charge in [-0.1, -0.05) is 42.5 Å². The number of aromatic nitrogens is 2. The van der Waals surface area contributed by atoms with Crippen LogP contribution in [0.15, 0.2) is 54.6 Å². The number of nitrogens with two attached hydrogens (primary N) is 1. The molecule has 0 aliphatic carbocycles. The average molecular weight is 292 g/mol. The molecule has 0 aliphatic rings. The van der Waals surface area contributed by atoms with E-state index in [1.165, 1.54) is 0 Å². The number of fused-ring (bicyclic) bond motifs is 1. The van der Waals surface area contributed by atoms with Gasteiger partial charge >= 0.3 is 0 Å². The molecule has 1 heterocycles. The fraction of sp³-hybridized carbons (Fsp3) is 0.118. The van der Waals surface area contributed by atoms with Gasteiger partial charge in [0.15, 0.2) is 11.5 Å². The molecular formula is C17H16N4O. The van der Waals surface area contributed by atoms with E-state index in [4.69, 9.17) is 5.73 Å². The summed E-state index contributed by atoms with van der Waals surface area (Å²) in [6.45, 7) is 1.91. The average Bonchev–Trinajstić information content (AvgIpc) is 2.54. The third kappa shape index (κ3) is 2.74. The Bertz CT molecular complexity index is 817. The number of carbonyl (C=O) groups is 1. The van der Waals surface area contributed by atoms with Crippen molar-refractivity contribution in [2.45, 2.75) is 13.0 Å². The van der Waals surface area contributed by atoms with Crippen molar-refractivity contribution in [2.24, 2.45) is 0 Å². The van der Waals surface area contributed by atoms with Crippen molar-refractivity contribution >= 4 is 22.8 Å². The van der Waals surface area contributed by atoms with Gasteiger partial charge in [-0.15, -0.1) is 0 Å². The monoisotopic (exact) mass is 292 g/mol. The summed E-state index contributed by atoms with van der Waals surface area (Å²) in [6.07, 6.45) is 0. The first-order chi connectivity index (χ1) is 10.6. The molecule has 5 heteroatoms. The number of anilines is 1. The summed E-state index contributed by atoms with van der Waals surface area (Å²) < 4.78 is 0. The molecule has 1 unspecified atom stereocenters. The lowest BCUT2D eigenvalue weighted by atomic mass is 10.1. The van der Waals surface area contributed by atoms with Gasteiger partial charge in [0.1, 0.15) is 0 Å². The van der Waals surface area contributed by atoms with Crippen molar-refractivity contribution in [1.82, 2.24) is 15.3 Å². The number of carbonyl (C=O) groups excluding carboxylic acids is 1. The van der Waals surface area contributed by atoms with Crippen molar-refractivity contribution in [3.05, 3.63) is 65.9 Å². The Morgan fingerprint density at radius 1 is 1.00 bits per heavy atom. The Morgan fingerprint density at radius 3 is 2.27 bits per heavy atom. The summed E-state index contributed by atoms with van der Waals surface area (Å²) in [5, 5.41) is 2.90. The van der Waals surface area contributed by atoms with Crippen LogP contribution in [0.2, 0.25) is 0 Å². The molecule has 0 aliphatic heterocycles. The van der Waals surface area contributed by atoms with Crippen LogP contribution in [-0.4, -0.2) is 15.9 Å². The van der Waals surface area contributed by atoms with Crippen LogP contribution in [0.1, 0.15) is 29.0 Å². The van der Waals surface area contributed by atoms with Crippen LogP contribution < -0.4 is 11.1 Å². The maximum Gasteiger partial charge on any atom is 0.274 e. The summed E-state index contributed by atoms with van der Waals surface area (Å²) in [7, 11) is 0. The van der Waals surface area contributed by atoms with E-state index in [1.54, 1.807) is 6.07 Å². The minimum Gasteiger partial charge on any atom is -0.382 e. The van der Waals surface area contributed by atoms with E-state index in [0.29, 0.717) is 11.0 Å². The van der Waals surface area contributed by atoms with E-state index in [0.717, 1.165) is 5.56 Å². The Hall–Kier alpha value is -2.95. The fourth-order valence-corrected chi connectivity index (χ4v) is 2.27. The molecule has 5 nitrogen and oxygen atoms in total. The van der Waals surface area contributed by atoms with Crippen LogP contribution in [0.3, 0.4) is 0 Å². The molecule has 0 radical (unpaired) electrons. The van der Waals surface area contributed by atoms with Crippen molar-refractivity contribution in [2.75, 3.05) is 5.73 Å². The van der Waals surface area contributed by atoms with Crippen molar-refractivity contribution in [1.29, 1.82) is 0 Å². The van der Waals surface area contributed by atoms with Crippen molar-refractivity contribution in [3.8, 4) is 0 Å². The maximum absolute atomic E-state index is 12.4. The zero-order chi connectivity index (χ0) is 15.5. The summed E-state index contributed by atoms with van der Waals surface area (Å²) in [6, 6.07) is 16.9. The van der Waals surface area contributed by atoms with E-state index < -0.39 is 0 Å². The molecule has 22 heavy (non-hydrogen) atoms. The number of nitrogens with one attached hydrogen (secondary N) is 1. The molecule has 0 bridgehead atoms. The smallest absolute Gasteiger partial charge is 0.274 e. The predicted octanol–water partition coefficient (Wildman–Crippen LogP) is 2.70. The minimum absolute atomic E-state index is 0.136. The molecule has 1 atom stereocenters. The highest BCUT2D eigenvalue weighted by Crippen LogP contribution is 2.16. The van der Waals surface area contributed by atoms with Gasteiger partial charge in [0.05, 0.1) is 17.1 Å². The summed E-state index contributed by atoms with van der Waals surface area (Å²) in [4.78, 5) is 21.0. The fourth-order valence-electron chi connectivity index (χ4n) is 2.27. The molecule has 3 aromatic rings. The molecule has 0 fully saturated rings. The predicted molar refractivity (Wildman–Crippen MR) is 86.3 cm³/mol. The summed E-state index contributed by atoms with van der Waals surface area (Å²) in [5.41, 5.74) is 8.36. The normalized spacial score (nSPS) is 12.0. The first-order valence-electron chi connectivity index (χ1n) is 7.03. The van der Waals surface area contributed by atoms with Crippen LogP contribution in [0, 0.1) is 0 Å². The maximum atomic E-state index is 12.4. The van der Waals surface area contributed by atoms with E-state index in [1.807, 2.05) is 55.5 Å². The Labute approximate surface area is 128 Å². The number of para-hydroxylation sites is 2. The lowest BCUT2D eigenvalue weighted by molar-refractivity contribution is 0.0936. The van der Waals surface area contributed by atoms with E-state index in [-0.39, 0.29) is 23.5 Å². The van der Waals surface area contributed by atoms with Gasteiger partial charge in [-0.05, 0) is 24.6 Å².